The Morgan fingerprint density at radius 2 is 1.84 bits per heavy atom. The van der Waals surface area contributed by atoms with Crippen molar-refractivity contribution in [2.75, 3.05) is 5.32 Å². The number of aromatic nitrogens is 2. The third-order valence-electron chi connectivity index (χ3n) is 4.23. The van der Waals surface area contributed by atoms with Crippen LogP contribution in [0, 0.1) is 5.41 Å². The van der Waals surface area contributed by atoms with Crippen LogP contribution in [0.15, 0.2) is 23.0 Å². The molecule has 4 heteroatoms. The van der Waals surface area contributed by atoms with Crippen molar-refractivity contribution >= 4 is 16.7 Å². The normalized spacial score (nSPS) is 19.7. The average Bonchev–Trinajstić information content (AvgIpc) is 2.71. The number of benzene rings is 1. The number of imidazole rings is 1. The van der Waals surface area contributed by atoms with Crippen LogP contribution in [0.5, 0.6) is 0 Å². The molecule has 3 N–H and O–H groups in total. The van der Waals surface area contributed by atoms with E-state index in [1.165, 1.54) is 25.7 Å². The molecule has 1 saturated carbocycles. The molecule has 2 aromatic rings. The zero-order chi connectivity index (χ0) is 13.5. The summed E-state index contributed by atoms with van der Waals surface area (Å²) in [6.07, 6.45) is 4.98. The maximum absolute atomic E-state index is 11.2. The van der Waals surface area contributed by atoms with Gasteiger partial charge in [0, 0.05) is 11.7 Å². The van der Waals surface area contributed by atoms with Crippen LogP contribution in [0.1, 0.15) is 39.5 Å². The molecule has 0 saturated heterocycles. The summed E-state index contributed by atoms with van der Waals surface area (Å²) in [6.45, 7) is 4.69. The van der Waals surface area contributed by atoms with Crippen LogP contribution in [0.25, 0.3) is 11.0 Å². The van der Waals surface area contributed by atoms with Crippen molar-refractivity contribution < 1.29 is 0 Å². The second-order valence-electron chi connectivity index (χ2n) is 6.42. The summed E-state index contributed by atoms with van der Waals surface area (Å²) in [6, 6.07) is 6.54. The third-order valence-corrected chi connectivity index (χ3v) is 4.23. The molecule has 1 heterocycles. The van der Waals surface area contributed by atoms with Crippen LogP contribution in [0.3, 0.4) is 0 Å². The molecule has 0 spiro atoms. The Morgan fingerprint density at radius 3 is 2.58 bits per heavy atom. The van der Waals surface area contributed by atoms with Gasteiger partial charge in [-0.3, -0.25) is 0 Å². The van der Waals surface area contributed by atoms with Crippen molar-refractivity contribution in [1.29, 1.82) is 0 Å². The van der Waals surface area contributed by atoms with Crippen molar-refractivity contribution in [3.63, 3.8) is 0 Å². The Morgan fingerprint density at radius 1 is 1.16 bits per heavy atom. The molecule has 102 valence electrons. The second kappa shape index (κ2) is 4.44. The summed E-state index contributed by atoms with van der Waals surface area (Å²) in [5.41, 5.74) is 3.17. The van der Waals surface area contributed by atoms with Gasteiger partial charge in [-0.1, -0.05) is 13.8 Å². The van der Waals surface area contributed by atoms with E-state index in [9.17, 15) is 4.79 Å². The number of fused-ring (bicyclic) bond motifs is 1. The minimum absolute atomic E-state index is 0.147. The molecule has 1 aromatic carbocycles. The van der Waals surface area contributed by atoms with Gasteiger partial charge in [0.2, 0.25) is 0 Å². The van der Waals surface area contributed by atoms with Crippen molar-refractivity contribution in [3.8, 4) is 0 Å². The van der Waals surface area contributed by atoms with Crippen LogP contribution in [-0.2, 0) is 0 Å². The molecule has 0 aliphatic heterocycles. The smallest absolute Gasteiger partial charge is 0.323 e. The first-order valence-electron chi connectivity index (χ1n) is 7.00. The van der Waals surface area contributed by atoms with Gasteiger partial charge in [-0.15, -0.1) is 0 Å². The van der Waals surface area contributed by atoms with E-state index in [4.69, 9.17) is 0 Å². The first-order chi connectivity index (χ1) is 9.02. The molecule has 0 bridgehead atoms. The molecule has 0 unspecified atom stereocenters. The maximum atomic E-state index is 11.2. The Hall–Kier alpha value is -1.71. The second-order valence-corrected chi connectivity index (χ2v) is 6.42. The first kappa shape index (κ1) is 12.3. The zero-order valence-electron chi connectivity index (χ0n) is 11.5. The Kier molecular flexibility index (Phi) is 2.88. The highest BCUT2D eigenvalue weighted by Crippen LogP contribution is 2.36. The summed E-state index contributed by atoms with van der Waals surface area (Å²) in [4.78, 5) is 16.8. The van der Waals surface area contributed by atoms with Gasteiger partial charge in [0.25, 0.3) is 0 Å². The summed E-state index contributed by atoms with van der Waals surface area (Å²) < 4.78 is 0. The number of anilines is 1. The molecular weight excluding hydrogens is 238 g/mol. The van der Waals surface area contributed by atoms with Crippen LogP contribution < -0.4 is 11.0 Å². The van der Waals surface area contributed by atoms with Crippen LogP contribution >= 0.6 is 0 Å². The largest absolute Gasteiger partial charge is 0.382 e. The van der Waals surface area contributed by atoms with Gasteiger partial charge in [0.05, 0.1) is 11.0 Å². The molecule has 0 radical (unpaired) electrons. The van der Waals surface area contributed by atoms with E-state index in [0.717, 1.165) is 16.7 Å². The van der Waals surface area contributed by atoms with Gasteiger partial charge in [-0.05, 0) is 49.3 Å². The predicted molar refractivity (Wildman–Crippen MR) is 78.6 cm³/mol. The Bertz CT molecular complexity index is 628. The summed E-state index contributed by atoms with van der Waals surface area (Å²) in [5, 5.41) is 3.58. The molecule has 3 rings (SSSR count). The zero-order valence-corrected chi connectivity index (χ0v) is 11.5. The lowest BCUT2D eigenvalue weighted by Gasteiger charge is -2.35. The van der Waals surface area contributed by atoms with E-state index in [1.54, 1.807) is 0 Å². The number of nitrogens with one attached hydrogen (secondary N) is 3. The minimum atomic E-state index is -0.147. The average molecular weight is 259 g/mol. The van der Waals surface area contributed by atoms with Crippen LogP contribution in [0.2, 0.25) is 0 Å². The lowest BCUT2D eigenvalue weighted by molar-refractivity contribution is 0.232. The Labute approximate surface area is 112 Å². The molecule has 4 nitrogen and oxygen atoms in total. The highest BCUT2D eigenvalue weighted by atomic mass is 16.1. The monoisotopic (exact) mass is 259 g/mol. The standard InChI is InChI=1S/C15H21N3O/c1-15(2)7-5-10(6-8-15)16-11-3-4-12-13(9-11)18-14(19)17-12/h3-4,9-10,16H,5-8H2,1-2H3,(H2,17,18,19). The molecule has 0 amide bonds. The van der Waals surface area contributed by atoms with Gasteiger partial charge in [0.15, 0.2) is 0 Å². The molecule has 19 heavy (non-hydrogen) atoms. The van der Waals surface area contributed by atoms with E-state index in [0.29, 0.717) is 11.5 Å². The lowest BCUT2D eigenvalue weighted by atomic mass is 9.75. The first-order valence-corrected chi connectivity index (χ1v) is 7.00. The van der Waals surface area contributed by atoms with E-state index in [-0.39, 0.29) is 5.69 Å². The van der Waals surface area contributed by atoms with E-state index < -0.39 is 0 Å². The van der Waals surface area contributed by atoms with Crippen molar-refractivity contribution in [3.05, 3.63) is 28.7 Å². The number of hydrogen-bond donors (Lipinski definition) is 3. The Balaban J connectivity index is 1.73. The molecule has 1 fully saturated rings. The van der Waals surface area contributed by atoms with E-state index in [2.05, 4.69) is 29.1 Å². The highest BCUT2D eigenvalue weighted by molar-refractivity contribution is 5.78. The topological polar surface area (TPSA) is 60.7 Å². The lowest BCUT2D eigenvalue weighted by Crippen LogP contribution is -2.29. The fourth-order valence-electron chi connectivity index (χ4n) is 2.90. The fourth-order valence-corrected chi connectivity index (χ4v) is 2.90. The van der Waals surface area contributed by atoms with Crippen LogP contribution in [-0.4, -0.2) is 16.0 Å². The molecule has 1 aromatic heterocycles. The van der Waals surface area contributed by atoms with Crippen molar-refractivity contribution in [1.82, 2.24) is 9.97 Å². The van der Waals surface area contributed by atoms with Gasteiger partial charge in [-0.25, -0.2) is 4.79 Å². The number of hydrogen-bond acceptors (Lipinski definition) is 2. The van der Waals surface area contributed by atoms with Crippen molar-refractivity contribution in [2.24, 2.45) is 5.41 Å². The highest BCUT2D eigenvalue weighted by Gasteiger charge is 2.26. The summed E-state index contributed by atoms with van der Waals surface area (Å²) >= 11 is 0. The van der Waals surface area contributed by atoms with Gasteiger partial charge in [0.1, 0.15) is 0 Å². The van der Waals surface area contributed by atoms with Gasteiger partial charge >= 0.3 is 5.69 Å². The SMILES string of the molecule is CC1(C)CCC(Nc2ccc3[nH]c(=O)[nH]c3c2)CC1. The third kappa shape index (κ3) is 2.67. The molecule has 1 aliphatic rings. The predicted octanol–water partition coefficient (Wildman–Crippen LogP) is 3.24. The van der Waals surface area contributed by atoms with E-state index in [1.807, 2.05) is 18.2 Å². The summed E-state index contributed by atoms with van der Waals surface area (Å²) in [5.74, 6) is 0. The number of aromatic amines is 2. The van der Waals surface area contributed by atoms with Crippen molar-refractivity contribution in [2.45, 2.75) is 45.6 Å². The van der Waals surface area contributed by atoms with E-state index >= 15 is 0 Å². The minimum Gasteiger partial charge on any atom is -0.382 e. The molecule has 1 aliphatic carbocycles. The maximum Gasteiger partial charge on any atom is 0.323 e. The summed E-state index contributed by atoms with van der Waals surface area (Å²) in [7, 11) is 0. The molecule has 0 atom stereocenters. The fraction of sp³-hybridized carbons (Fsp3) is 0.533. The molecular formula is C15H21N3O. The quantitative estimate of drug-likeness (QED) is 0.775. The number of rotatable bonds is 2. The van der Waals surface area contributed by atoms with Gasteiger partial charge < -0.3 is 15.3 Å². The number of H-pyrrole nitrogens is 2. The van der Waals surface area contributed by atoms with Gasteiger partial charge in [-0.2, -0.15) is 0 Å². The van der Waals surface area contributed by atoms with Crippen LogP contribution in [0.4, 0.5) is 5.69 Å².